The monoisotopic (exact) mass is 330 g/mol. The number of fused-ring (bicyclic) bond motifs is 1. The molecule has 0 unspecified atom stereocenters. The number of aromatic nitrogens is 2. The lowest BCUT2D eigenvalue weighted by Crippen LogP contribution is -1.94. The Labute approximate surface area is 127 Å². The molecule has 1 aromatic carbocycles. The molecule has 0 bridgehead atoms. The van der Waals surface area contributed by atoms with Crippen molar-refractivity contribution in [1.29, 1.82) is 0 Å². The molecule has 0 saturated carbocycles. The molecule has 0 saturated heterocycles. The summed E-state index contributed by atoms with van der Waals surface area (Å²) in [4.78, 5) is 8.79. The van der Waals surface area contributed by atoms with E-state index in [4.69, 9.17) is 23.2 Å². The van der Waals surface area contributed by atoms with Crippen molar-refractivity contribution in [1.82, 2.24) is 9.97 Å². The first-order valence-corrected chi connectivity index (χ1v) is 7.17. The van der Waals surface area contributed by atoms with Crippen LogP contribution in [0, 0.1) is 18.6 Å². The largest absolute Gasteiger partial charge is 0.224 e. The van der Waals surface area contributed by atoms with E-state index < -0.39 is 11.6 Å². The summed E-state index contributed by atoms with van der Waals surface area (Å²) >= 11 is 13.5. The Hall–Kier alpha value is -1.30. The van der Waals surface area contributed by atoms with Crippen LogP contribution in [-0.4, -0.2) is 9.97 Å². The fourth-order valence-corrected chi connectivity index (χ4v) is 3.24. The molecule has 2 nitrogen and oxygen atoms in total. The molecular weight excluding hydrogens is 325 g/mol. The van der Waals surface area contributed by atoms with E-state index in [-0.39, 0.29) is 21.9 Å². The van der Waals surface area contributed by atoms with Gasteiger partial charge in [0.15, 0.2) is 11.6 Å². The molecule has 0 fully saturated rings. The second-order valence-electron chi connectivity index (χ2n) is 4.18. The summed E-state index contributed by atoms with van der Waals surface area (Å²) in [6.45, 7) is 1.85. The fourth-order valence-electron chi connectivity index (χ4n) is 1.80. The Morgan fingerprint density at radius 3 is 2.55 bits per heavy atom. The van der Waals surface area contributed by atoms with Gasteiger partial charge in [0.2, 0.25) is 0 Å². The van der Waals surface area contributed by atoms with Crippen molar-refractivity contribution in [3.8, 4) is 10.7 Å². The number of halogens is 4. The van der Waals surface area contributed by atoms with E-state index in [0.717, 1.165) is 17.7 Å². The van der Waals surface area contributed by atoms with Crippen LogP contribution in [0.15, 0.2) is 17.5 Å². The number of hydrogen-bond acceptors (Lipinski definition) is 3. The number of aryl methyl sites for hydroxylation is 1. The summed E-state index contributed by atoms with van der Waals surface area (Å²) in [6.07, 6.45) is 0. The number of rotatable bonds is 1. The zero-order valence-electron chi connectivity index (χ0n) is 10.0. The standard InChI is InChI=1S/C13H6Cl2F2N2S/c1-5-4-20-11(9(5)14)13-18-10-7(12(15)19-13)2-6(16)3-8(10)17/h2-4H,1H3. The van der Waals surface area contributed by atoms with Gasteiger partial charge in [0.05, 0.1) is 9.90 Å². The fraction of sp³-hybridized carbons (Fsp3) is 0.0769. The molecule has 0 spiro atoms. The van der Waals surface area contributed by atoms with E-state index in [1.54, 1.807) is 0 Å². The number of hydrogen-bond donors (Lipinski definition) is 0. The van der Waals surface area contributed by atoms with Crippen molar-refractivity contribution in [3.63, 3.8) is 0 Å². The highest BCUT2D eigenvalue weighted by atomic mass is 35.5. The molecule has 0 radical (unpaired) electrons. The van der Waals surface area contributed by atoms with Crippen LogP contribution in [-0.2, 0) is 0 Å². The molecule has 3 aromatic rings. The highest BCUT2D eigenvalue weighted by Gasteiger charge is 2.16. The van der Waals surface area contributed by atoms with Crippen molar-refractivity contribution < 1.29 is 8.78 Å². The molecule has 7 heteroatoms. The predicted octanol–water partition coefficient (Wildman–Crippen LogP) is 5.25. The number of nitrogens with zero attached hydrogens (tertiary/aromatic N) is 2. The third kappa shape index (κ3) is 2.16. The average Bonchev–Trinajstić information content (AvgIpc) is 2.71. The molecule has 102 valence electrons. The second kappa shape index (κ2) is 4.91. The van der Waals surface area contributed by atoms with Gasteiger partial charge >= 0.3 is 0 Å². The second-order valence-corrected chi connectivity index (χ2v) is 5.80. The minimum Gasteiger partial charge on any atom is -0.224 e. The van der Waals surface area contributed by atoms with Gasteiger partial charge in [0.25, 0.3) is 0 Å². The van der Waals surface area contributed by atoms with Gasteiger partial charge in [-0.25, -0.2) is 18.7 Å². The third-order valence-electron chi connectivity index (χ3n) is 2.77. The Kier molecular flexibility index (Phi) is 3.36. The maximum atomic E-state index is 13.8. The van der Waals surface area contributed by atoms with Crippen LogP contribution in [0.5, 0.6) is 0 Å². The molecule has 2 aromatic heterocycles. The highest BCUT2D eigenvalue weighted by molar-refractivity contribution is 7.14. The third-order valence-corrected chi connectivity index (χ3v) is 4.76. The maximum absolute atomic E-state index is 13.8. The summed E-state index contributed by atoms with van der Waals surface area (Å²) in [5, 5.41) is 2.48. The van der Waals surface area contributed by atoms with Gasteiger partial charge in [-0.05, 0) is 23.9 Å². The van der Waals surface area contributed by atoms with Crippen LogP contribution in [0.4, 0.5) is 8.78 Å². The molecular formula is C13H6Cl2F2N2S. The van der Waals surface area contributed by atoms with Gasteiger partial charge in [0, 0.05) is 11.5 Å². The van der Waals surface area contributed by atoms with E-state index in [0.29, 0.717) is 9.90 Å². The first kappa shape index (κ1) is 13.7. The Balaban J connectivity index is 2.32. The van der Waals surface area contributed by atoms with Crippen molar-refractivity contribution in [3.05, 3.63) is 44.9 Å². The molecule has 0 amide bonds. The van der Waals surface area contributed by atoms with Crippen LogP contribution < -0.4 is 0 Å². The van der Waals surface area contributed by atoms with E-state index in [1.807, 2.05) is 12.3 Å². The van der Waals surface area contributed by atoms with Gasteiger partial charge in [-0.15, -0.1) is 11.3 Å². The smallest absolute Gasteiger partial charge is 0.173 e. The Bertz CT molecular complexity index is 833. The summed E-state index contributed by atoms with van der Waals surface area (Å²) in [7, 11) is 0. The Morgan fingerprint density at radius 1 is 1.15 bits per heavy atom. The summed E-state index contributed by atoms with van der Waals surface area (Å²) in [6, 6.07) is 1.86. The van der Waals surface area contributed by atoms with Crippen molar-refractivity contribution in [2.45, 2.75) is 6.92 Å². The van der Waals surface area contributed by atoms with Gasteiger partial charge in [0.1, 0.15) is 16.5 Å². The first-order valence-electron chi connectivity index (χ1n) is 5.53. The first-order chi connectivity index (χ1) is 9.47. The molecule has 0 aliphatic carbocycles. The lowest BCUT2D eigenvalue weighted by molar-refractivity contribution is 0.590. The minimum absolute atomic E-state index is 0.00878. The van der Waals surface area contributed by atoms with Crippen LogP contribution in [0.25, 0.3) is 21.6 Å². The zero-order chi connectivity index (χ0) is 14.4. The van der Waals surface area contributed by atoms with Crippen LogP contribution >= 0.6 is 34.5 Å². The van der Waals surface area contributed by atoms with Gasteiger partial charge in [-0.3, -0.25) is 0 Å². The van der Waals surface area contributed by atoms with Crippen molar-refractivity contribution in [2.75, 3.05) is 0 Å². The molecule has 20 heavy (non-hydrogen) atoms. The molecule has 0 N–H and O–H groups in total. The topological polar surface area (TPSA) is 25.8 Å². The molecule has 0 aliphatic rings. The molecule has 0 atom stereocenters. The molecule has 2 heterocycles. The van der Waals surface area contributed by atoms with E-state index in [2.05, 4.69) is 9.97 Å². The van der Waals surface area contributed by atoms with Crippen LogP contribution in [0.2, 0.25) is 10.2 Å². The van der Waals surface area contributed by atoms with E-state index >= 15 is 0 Å². The van der Waals surface area contributed by atoms with E-state index in [9.17, 15) is 8.78 Å². The Morgan fingerprint density at radius 2 is 1.90 bits per heavy atom. The van der Waals surface area contributed by atoms with Gasteiger partial charge < -0.3 is 0 Å². The summed E-state index contributed by atoms with van der Waals surface area (Å²) in [5.74, 6) is -1.27. The van der Waals surface area contributed by atoms with E-state index in [1.165, 1.54) is 11.3 Å². The summed E-state index contributed by atoms with van der Waals surface area (Å²) in [5.41, 5.74) is 0.856. The average molecular weight is 331 g/mol. The summed E-state index contributed by atoms with van der Waals surface area (Å²) < 4.78 is 27.0. The van der Waals surface area contributed by atoms with Gasteiger partial charge in [-0.1, -0.05) is 23.2 Å². The van der Waals surface area contributed by atoms with Crippen molar-refractivity contribution >= 4 is 45.4 Å². The van der Waals surface area contributed by atoms with Crippen LogP contribution in [0.1, 0.15) is 5.56 Å². The molecule has 3 rings (SSSR count). The maximum Gasteiger partial charge on any atom is 0.173 e. The van der Waals surface area contributed by atoms with Crippen molar-refractivity contribution in [2.24, 2.45) is 0 Å². The van der Waals surface area contributed by atoms with Gasteiger partial charge in [-0.2, -0.15) is 0 Å². The molecule has 0 aliphatic heterocycles. The minimum atomic E-state index is -0.782. The quantitative estimate of drug-likeness (QED) is 0.569. The number of benzene rings is 1. The zero-order valence-corrected chi connectivity index (χ0v) is 12.4. The lowest BCUT2D eigenvalue weighted by Gasteiger charge is -2.05. The van der Waals surface area contributed by atoms with Crippen LogP contribution in [0.3, 0.4) is 0 Å². The SMILES string of the molecule is Cc1csc(-c2nc(Cl)c3cc(F)cc(F)c3n2)c1Cl. The highest BCUT2D eigenvalue weighted by Crippen LogP contribution is 2.36. The lowest BCUT2D eigenvalue weighted by atomic mass is 10.2. The number of thiophene rings is 1. The predicted molar refractivity (Wildman–Crippen MR) is 77.5 cm³/mol. The normalized spacial score (nSPS) is 11.2.